The van der Waals surface area contributed by atoms with Crippen LogP contribution in [0.3, 0.4) is 0 Å². The average molecular weight is 197 g/mol. The molecule has 0 saturated carbocycles. The van der Waals surface area contributed by atoms with Crippen molar-refractivity contribution in [2.75, 3.05) is 0 Å². The molecule has 78 valence electrons. The number of hydrogen-bond donors (Lipinski definition) is 2. The van der Waals surface area contributed by atoms with E-state index in [0.29, 0.717) is 17.5 Å². The minimum absolute atomic E-state index is 0.249. The largest absolute Gasteiger partial charge is 0.391 e. The van der Waals surface area contributed by atoms with Crippen LogP contribution in [0.5, 0.6) is 0 Å². The molecule has 0 amide bonds. The normalized spacial score (nSPS) is 15.2. The summed E-state index contributed by atoms with van der Waals surface area (Å²) in [5.41, 5.74) is 7.06. The molecule has 0 aliphatic rings. The Morgan fingerprint density at radius 2 is 2.14 bits per heavy atom. The molecule has 0 aromatic heterocycles. The molecule has 1 aromatic carbocycles. The number of halogens is 1. The lowest BCUT2D eigenvalue weighted by molar-refractivity contribution is 0.163. The maximum Gasteiger partial charge on any atom is 0.126 e. The van der Waals surface area contributed by atoms with Crippen LogP contribution in [0.1, 0.15) is 31.0 Å². The van der Waals surface area contributed by atoms with Crippen molar-refractivity contribution in [3.8, 4) is 0 Å². The van der Waals surface area contributed by atoms with Crippen LogP contribution >= 0.6 is 0 Å². The molecule has 0 unspecified atom stereocenters. The molecule has 1 rings (SSSR count). The first-order valence-electron chi connectivity index (χ1n) is 4.78. The van der Waals surface area contributed by atoms with E-state index in [-0.39, 0.29) is 5.82 Å². The summed E-state index contributed by atoms with van der Waals surface area (Å²) < 4.78 is 13.3. The van der Waals surface area contributed by atoms with Crippen LogP contribution in [0.25, 0.3) is 0 Å². The third-order valence-electron chi connectivity index (χ3n) is 2.39. The van der Waals surface area contributed by atoms with Crippen molar-refractivity contribution in [3.05, 3.63) is 35.1 Å². The third kappa shape index (κ3) is 2.11. The molecule has 3 heteroatoms. The van der Waals surface area contributed by atoms with Gasteiger partial charge in [-0.2, -0.15) is 0 Å². The van der Waals surface area contributed by atoms with Crippen LogP contribution in [0.4, 0.5) is 4.39 Å². The first-order chi connectivity index (χ1) is 6.57. The molecule has 3 N–H and O–H groups in total. The summed E-state index contributed by atoms with van der Waals surface area (Å²) in [5, 5.41) is 9.34. The van der Waals surface area contributed by atoms with Gasteiger partial charge in [-0.05, 0) is 30.5 Å². The lowest BCUT2D eigenvalue weighted by Crippen LogP contribution is -2.24. The zero-order chi connectivity index (χ0) is 10.7. The fourth-order valence-corrected chi connectivity index (χ4v) is 1.52. The van der Waals surface area contributed by atoms with Crippen molar-refractivity contribution >= 4 is 0 Å². The van der Waals surface area contributed by atoms with Gasteiger partial charge in [0.25, 0.3) is 0 Å². The highest BCUT2D eigenvalue weighted by Crippen LogP contribution is 2.21. The van der Waals surface area contributed by atoms with E-state index in [2.05, 4.69) is 0 Å². The summed E-state index contributed by atoms with van der Waals surface area (Å²) in [7, 11) is 0. The Labute approximate surface area is 83.6 Å². The molecule has 0 bridgehead atoms. The van der Waals surface area contributed by atoms with E-state index < -0.39 is 12.1 Å². The van der Waals surface area contributed by atoms with Gasteiger partial charge in [-0.1, -0.05) is 19.1 Å². The monoisotopic (exact) mass is 197 g/mol. The Balaban J connectivity index is 3.13. The maximum absolute atomic E-state index is 13.3. The lowest BCUT2D eigenvalue weighted by Gasteiger charge is -2.18. The van der Waals surface area contributed by atoms with E-state index in [1.54, 1.807) is 19.1 Å². The second kappa shape index (κ2) is 4.53. The third-order valence-corrected chi connectivity index (χ3v) is 2.39. The van der Waals surface area contributed by atoms with Crippen molar-refractivity contribution in [1.29, 1.82) is 0 Å². The fraction of sp³-hybridized carbons (Fsp3) is 0.455. The highest BCUT2D eigenvalue weighted by molar-refractivity contribution is 5.31. The number of benzene rings is 1. The van der Waals surface area contributed by atoms with Gasteiger partial charge in [-0.3, -0.25) is 0 Å². The predicted octanol–water partition coefficient (Wildman–Crippen LogP) is 1.77. The first-order valence-corrected chi connectivity index (χ1v) is 4.78. The van der Waals surface area contributed by atoms with Gasteiger partial charge in [0.15, 0.2) is 0 Å². The average Bonchev–Trinajstić information content (AvgIpc) is 2.16. The van der Waals surface area contributed by atoms with Crippen LogP contribution in [0, 0.1) is 5.82 Å². The quantitative estimate of drug-likeness (QED) is 0.775. The van der Waals surface area contributed by atoms with Crippen LogP contribution in [-0.2, 0) is 6.42 Å². The Hall–Kier alpha value is -0.930. The van der Waals surface area contributed by atoms with Crippen LogP contribution in [0.2, 0.25) is 0 Å². The smallest absolute Gasteiger partial charge is 0.126 e. The second-order valence-electron chi connectivity index (χ2n) is 3.43. The van der Waals surface area contributed by atoms with Gasteiger partial charge in [0.1, 0.15) is 5.82 Å². The standard InChI is InChI=1S/C11H16FNO/c1-3-8-9(11(13)7(2)14)5-4-6-10(8)12/h4-7,11,14H,3,13H2,1-2H3/t7-,11+/m0/s1. The number of aliphatic hydroxyl groups is 1. The molecule has 2 atom stereocenters. The SMILES string of the molecule is CCc1c(F)cccc1[C@H](N)[C@H](C)O. The number of rotatable bonds is 3. The molecule has 0 aliphatic carbocycles. The topological polar surface area (TPSA) is 46.2 Å². The van der Waals surface area contributed by atoms with Gasteiger partial charge in [0.2, 0.25) is 0 Å². The molecule has 14 heavy (non-hydrogen) atoms. The summed E-state index contributed by atoms with van der Waals surface area (Å²) >= 11 is 0. The minimum Gasteiger partial charge on any atom is -0.391 e. The van der Waals surface area contributed by atoms with Gasteiger partial charge in [0.05, 0.1) is 12.1 Å². The maximum atomic E-state index is 13.3. The zero-order valence-corrected chi connectivity index (χ0v) is 8.50. The molecule has 0 radical (unpaired) electrons. The molecular weight excluding hydrogens is 181 g/mol. The van der Waals surface area contributed by atoms with E-state index in [4.69, 9.17) is 5.73 Å². The molecule has 1 aromatic rings. The van der Waals surface area contributed by atoms with Crippen LogP contribution < -0.4 is 5.73 Å². The highest BCUT2D eigenvalue weighted by atomic mass is 19.1. The van der Waals surface area contributed by atoms with E-state index >= 15 is 0 Å². The highest BCUT2D eigenvalue weighted by Gasteiger charge is 2.16. The van der Waals surface area contributed by atoms with E-state index in [9.17, 15) is 9.50 Å². The van der Waals surface area contributed by atoms with Crippen molar-refractivity contribution in [2.45, 2.75) is 32.4 Å². The van der Waals surface area contributed by atoms with Crippen molar-refractivity contribution in [3.63, 3.8) is 0 Å². The van der Waals surface area contributed by atoms with Crippen LogP contribution in [0.15, 0.2) is 18.2 Å². The van der Waals surface area contributed by atoms with E-state index in [1.165, 1.54) is 6.07 Å². The van der Waals surface area contributed by atoms with Crippen molar-refractivity contribution in [1.82, 2.24) is 0 Å². The van der Waals surface area contributed by atoms with Gasteiger partial charge >= 0.3 is 0 Å². The molecule has 0 aliphatic heterocycles. The molecule has 0 fully saturated rings. The number of hydrogen-bond acceptors (Lipinski definition) is 2. The van der Waals surface area contributed by atoms with E-state index in [1.807, 2.05) is 6.92 Å². The zero-order valence-electron chi connectivity index (χ0n) is 8.50. The van der Waals surface area contributed by atoms with Crippen molar-refractivity contribution < 1.29 is 9.50 Å². The summed E-state index contributed by atoms with van der Waals surface area (Å²) in [4.78, 5) is 0. The van der Waals surface area contributed by atoms with Gasteiger partial charge in [-0.25, -0.2) is 4.39 Å². The number of aliphatic hydroxyl groups excluding tert-OH is 1. The second-order valence-corrected chi connectivity index (χ2v) is 3.43. The molecular formula is C11H16FNO. The Bertz CT molecular complexity index is 312. The summed E-state index contributed by atoms with van der Waals surface area (Å²) in [5.74, 6) is -0.249. The minimum atomic E-state index is -0.665. The fourth-order valence-electron chi connectivity index (χ4n) is 1.52. The molecule has 2 nitrogen and oxygen atoms in total. The lowest BCUT2D eigenvalue weighted by atomic mass is 9.96. The van der Waals surface area contributed by atoms with Gasteiger partial charge in [0, 0.05) is 0 Å². The Morgan fingerprint density at radius 1 is 1.50 bits per heavy atom. The molecule has 0 heterocycles. The Kier molecular flexibility index (Phi) is 3.61. The summed E-state index contributed by atoms with van der Waals surface area (Å²) in [6, 6.07) is 4.28. The molecule has 0 saturated heterocycles. The van der Waals surface area contributed by atoms with Crippen LogP contribution in [-0.4, -0.2) is 11.2 Å². The number of nitrogens with two attached hydrogens (primary N) is 1. The van der Waals surface area contributed by atoms with Gasteiger partial charge < -0.3 is 10.8 Å². The predicted molar refractivity (Wildman–Crippen MR) is 54.4 cm³/mol. The summed E-state index contributed by atoms with van der Waals surface area (Å²) in [6.07, 6.45) is -0.0790. The van der Waals surface area contributed by atoms with Gasteiger partial charge in [-0.15, -0.1) is 0 Å². The Morgan fingerprint density at radius 3 is 2.64 bits per heavy atom. The summed E-state index contributed by atoms with van der Waals surface area (Å²) in [6.45, 7) is 3.48. The first kappa shape index (κ1) is 11.1. The van der Waals surface area contributed by atoms with E-state index in [0.717, 1.165) is 0 Å². The van der Waals surface area contributed by atoms with Crippen molar-refractivity contribution in [2.24, 2.45) is 5.73 Å². The molecule has 0 spiro atoms.